The number of carbonyl (C=O) groups excluding carboxylic acids is 1. The highest BCUT2D eigenvalue weighted by Gasteiger charge is 2.01. The van der Waals surface area contributed by atoms with Gasteiger partial charge in [-0.15, -0.1) is 0 Å². The first kappa shape index (κ1) is 19.5. The first-order valence-electron chi connectivity index (χ1n) is 8.91. The predicted molar refractivity (Wildman–Crippen MR) is 104 cm³/mol. The van der Waals surface area contributed by atoms with Crippen molar-refractivity contribution in [2.24, 2.45) is 5.10 Å². The number of carbonyl (C=O) groups is 1. The Bertz CT molecular complexity index is 711. The number of aryl methyl sites for hydroxylation is 1. The van der Waals surface area contributed by atoms with Crippen molar-refractivity contribution in [1.82, 2.24) is 5.43 Å². The Morgan fingerprint density at radius 1 is 1.08 bits per heavy atom. The Kier molecular flexibility index (Phi) is 8.19. The second-order valence-electron chi connectivity index (χ2n) is 6.02. The first-order valence-corrected chi connectivity index (χ1v) is 8.91. The molecule has 0 aliphatic rings. The third-order valence-electron chi connectivity index (χ3n) is 3.66. The third-order valence-corrected chi connectivity index (χ3v) is 3.66. The number of rotatable bonds is 10. The van der Waals surface area contributed by atoms with E-state index in [9.17, 15) is 4.79 Å². The molecular formula is C21H26N2O3. The van der Waals surface area contributed by atoms with Crippen molar-refractivity contribution in [2.75, 3.05) is 13.2 Å². The number of benzene rings is 2. The van der Waals surface area contributed by atoms with E-state index in [0.717, 1.165) is 29.9 Å². The molecule has 5 heteroatoms. The van der Waals surface area contributed by atoms with Gasteiger partial charge in [-0.25, -0.2) is 5.43 Å². The fourth-order valence-corrected chi connectivity index (χ4v) is 2.26. The zero-order valence-electron chi connectivity index (χ0n) is 15.4. The molecule has 0 heterocycles. The molecule has 2 rings (SSSR count). The van der Waals surface area contributed by atoms with Crippen LogP contribution in [0.1, 0.15) is 37.3 Å². The van der Waals surface area contributed by atoms with Crippen LogP contribution in [0.4, 0.5) is 0 Å². The number of ether oxygens (including phenoxy) is 2. The number of amides is 1. The fraction of sp³-hybridized carbons (Fsp3) is 0.333. The Balaban J connectivity index is 1.71. The summed E-state index contributed by atoms with van der Waals surface area (Å²) >= 11 is 0. The van der Waals surface area contributed by atoms with E-state index in [-0.39, 0.29) is 12.5 Å². The van der Waals surface area contributed by atoms with Crippen molar-refractivity contribution < 1.29 is 14.3 Å². The molecule has 2 aromatic rings. The van der Waals surface area contributed by atoms with E-state index in [0.29, 0.717) is 5.75 Å². The van der Waals surface area contributed by atoms with Gasteiger partial charge < -0.3 is 9.47 Å². The van der Waals surface area contributed by atoms with Crippen molar-refractivity contribution in [1.29, 1.82) is 0 Å². The molecule has 0 unspecified atom stereocenters. The lowest BCUT2D eigenvalue weighted by Gasteiger charge is -2.06. The van der Waals surface area contributed by atoms with Crippen LogP contribution in [0.25, 0.3) is 0 Å². The van der Waals surface area contributed by atoms with Gasteiger partial charge >= 0.3 is 0 Å². The monoisotopic (exact) mass is 354 g/mol. The van der Waals surface area contributed by atoms with Crippen LogP contribution in [0.3, 0.4) is 0 Å². The van der Waals surface area contributed by atoms with Crippen LogP contribution in [-0.4, -0.2) is 25.3 Å². The molecule has 0 saturated carbocycles. The van der Waals surface area contributed by atoms with E-state index in [4.69, 9.17) is 9.47 Å². The molecule has 0 atom stereocenters. The lowest BCUT2D eigenvalue weighted by molar-refractivity contribution is -0.123. The molecule has 2 aromatic carbocycles. The Hall–Kier alpha value is -2.82. The van der Waals surface area contributed by atoms with Gasteiger partial charge in [-0.3, -0.25) is 4.79 Å². The maximum atomic E-state index is 11.7. The minimum absolute atomic E-state index is 0.0780. The van der Waals surface area contributed by atoms with Gasteiger partial charge in [-0.1, -0.05) is 31.9 Å². The quantitative estimate of drug-likeness (QED) is 0.397. The summed E-state index contributed by atoms with van der Waals surface area (Å²) in [5, 5.41) is 3.94. The van der Waals surface area contributed by atoms with E-state index in [1.807, 2.05) is 55.5 Å². The molecule has 0 radical (unpaired) electrons. The summed E-state index contributed by atoms with van der Waals surface area (Å²) < 4.78 is 11.1. The van der Waals surface area contributed by atoms with Crippen molar-refractivity contribution in [3.05, 3.63) is 59.7 Å². The topological polar surface area (TPSA) is 59.9 Å². The zero-order chi connectivity index (χ0) is 18.6. The predicted octanol–water partition coefficient (Wildman–Crippen LogP) is 4.09. The maximum Gasteiger partial charge on any atom is 0.277 e. The van der Waals surface area contributed by atoms with Gasteiger partial charge in [0.2, 0.25) is 0 Å². The van der Waals surface area contributed by atoms with Crippen LogP contribution in [0.2, 0.25) is 0 Å². The molecule has 1 N–H and O–H groups in total. The van der Waals surface area contributed by atoms with Crippen molar-refractivity contribution in [3.63, 3.8) is 0 Å². The number of hydrazone groups is 1. The second-order valence-corrected chi connectivity index (χ2v) is 6.02. The summed E-state index contributed by atoms with van der Waals surface area (Å²) in [6.45, 7) is 4.80. The van der Waals surface area contributed by atoms with Gasteiger partial charge in [0.25, 0.3) is 5.91 Å². The molecule has 0 bridgehead atoms. The van der Waals surface area contributed by atoms with Crippen molar-refractivity contribution in [3.8, 4) is 11.5 Å². The number of hydrogen-bond donors (Lipinski definition) is 1. The van der Waals surface area contributed by atoms with E-state index < -0.39 is 0 Å². The summed E-state index contributed by atoms with van der Waals surface area (Å²) in [6.07, 6.45) is 5.01. The number of nitrogens with zero attached hydrogens (tertiary/aromatic N) is 1. The highest BCUT2D eigenvalue weighted by Crippen LogP contribution is 2.12. The normalized spacial score (nSPS) is 10.7. The Morgan fingerprint density at radius 2 is 1.88 bits per heavy atom. The average Bonchev–Trinajstić information content (AvgIpc) is 2.65. The first-order chi connectivity index (χ1) is 12.7. The number of unbranched alkanes of at least 4 members (excludes halogenated alkanes) is 2. The molecule has 5 nitrogen and oxygen atoms in total. The fourth-order valence-electron chi connectivity index (χ4n) is 2.26. The summed E-state index contributed by atoms with van der Waals surface area (Å²) in [7, 11) is 0. The molecule has 138 valence electrons. The van der Waals surface area contributed by atoms with Gasteiger partial charge in [0.1, 0.15) is 11.5 Å². The average molecular weight is 354 g/mol. The molecule has 0 spiro atoms. The second kappa shape index (κ2) is 10.9. The standard InChI is InChI=1S/C21H26N2O3/c1-3-4-5-13-25-19-11-9-18(10-12-19)15-22-23-21(24)16-26-20-8-6-7-17(2)14-20/h6-12,14-15H,3-5,13,16H2,1-2H3,(H,23,24). The number of hydrogen-bond acceptors (Lipinski definition) is 4. The van der Waals surface area contributed by atoms with Crippen LogP contribution in [0.5, 0.6) is 11.5 Å². The van der Waals surface area contributed by atoms with Gasteiger partial charge in [-0.2, -0.15) is 5.10 Å². The van der Waals surface area contributed by atoms with Gasteiger partial charge in [-0.05, 0) is 60.9 Å². The summed E-state index contributed by atoms with van der Waals surface area (Å²) in [4.78, 5) is 11.7. The molecule has 0 aliphatic heterocycles. The van der Waals surface area contributed by atoms with Crippen LogP contribution < -0.4 is 14.9 Å². The molecular weight excluding hydrogens is 328 g/mol. The lowest BCUT2D eigenvalue weighted by Crippen LogP contribution is -2.24. The van der Waals surface area contributed by atoms with E-state index in [1.165, 1.54) is 12.8 Å². The molecule has 0 aliphatic carbocycles. The third kappa shape index (κ3) is 7.38. The summed E-state index contributed by atoms with van der Waals surface area (Å²) in [6, 6.07) is 15.1. The van der Waals surface area contributed by atoms with Crippen LogP contribution in [0.15, 0.2) is 53.6 Å². The molecule has 26 heavy (non-hydrogen) atoms. The van der Waals surface area contributed by atoms with Crippen molar-refractivity contribution >= 4 is 12.1 Å². The molecule has 0 fully saturated rings. The zero-order valence-corrected chi connectivity index (χ0v) is 15.4. The summed E-state index contributed by atoms with van der Waals surface area (Å²) in [5.41, 5.74) is 4.42. The van der Waals surface area contributed by atoms with Crippen LogP contribution >= 0.6 is 0 Å². The van der Waals surface area contributed by atoms with Gasteiger partial charge in [0, 0.05) is 0 Å². The molecule has 0 aromatic heterocycles. The minimum Gasteiger partial charge on any atom is -0.494 e. The minimum atomic E-state index is -0.307. The Morgan fingerprint density at radius 3 is 2.62 bits per heavy atom. The SMILES string of the molecule is CCCCCOc1ccc(C=NNC(=O)COc2cccc(C)c2)cc1. The highest BCUT2D eigenvalue weighted by molar-refractivity contribution is 5.83. The lowest BCUT2D eigenvalue weighted by atomic mass is 10.2. The summed E-state index contributed by atoms with van der Waals surface area (Å²) in [5.74, 6) is 1.20. The van der Waals surface area contributed by atoms with Crippen LogP contribution in [0, 0.1) is 6.92 Å². The molecule has 1 amide bonds. The van der Waals surface area contributed by atoms with Crippen LogP contribution in [-0.2, 0) is 4.79 Å². The highest BCUT2D eigenvalue weighted by atomic mass is 16.5. The largest absolute Gasteiger partial charge is 0.494 e. The smallest absolute Gasteiger partial charge is 0.277 e. The van der Waals surface area contributed by atoms with Gasteiger partial charge in [0.05, 0.1) is 12.8 Å². The van der Waals surface area contributed by atoms with E-state index in [1.54, 1.807) is 6.21 Å². The van der Waals surface area contributed by atoms with E-state index >= 15 is 0 Å². The maximum absolute atomic E-state index is 11.7. The van der Waals surface area contributed by atoms with Gasteiger partial charge in [0.15, 0.2) is 6.61 Å². The molecule has 0 saturated heterocycles. The van der Waals surface area contributed by atoms with E-state index in [2.05, 4.69) is 17.5 Å². The number of nitrogens with one attached hydrogen (secondary N) is 1. The Labute approximate surface area is 155 Å². The van der Waals surface area contributed by atoms with Crippen molar-refractivity contribution in [2.45, 2.75) is 33.1 Å².